The molecule has 0 aromatic carbocycles. The summed E-state index contributed by atoms with van der Waals surface area (Å²) in [4.78, 5) is 4.21. The molecule has 2 rings (SSSR count). The second-order valence-electron chi connectivity index (χ2n) is 2.98. The summed E-state index contributed by atoms with van der Waals surface area (Å²) in [7, 11) is 0. The Bertz CT molecular complexity index is 176. The molecule has 0 aromatic heterocycles. The minimum absolute atomic E-state index is 0.219. The maximum atomic E-state index is 5.39. The van der Waals surface area contributed by atoms with Crippen molar-refractivity contribution >= 4 is 5.90 Å². The van der Waals surface area contributed by atoms with Gasteiger partial charge >= 0.3 is 0 Å². The SMILES string of the molecule is C1COC(CCC2NCCO2)=N1. The van der Waals surface area contributed by atoms with Crippen LogP contribution in [0.25, 0.3) is 0 Å². The maximum Gasteiger partial charge on any atom is 0.183 e. The summed E-state index contributed by atoms with van der Waals surface area (Å²) in [6.45, 7) is 3.39. The van der Waals surface area contributed by atoms with Crippen LogP contribution >= 0.6 is 0 Å². The van der Waals surface area contributed by atoms with E-state index in [0.29, 0.717) is 0 Å². The number of nitrogens with one attached hydrogen (secondary N) is 1. The van der Waals surface area contributed by atoms with Crippen LogP contribution in [0.15, 0.2) is 4.99 Å². The predicted molar refractivity (Wildman–Crippen MR) is 45.2 cm³/mol. The summed E-state index contributed by atoms with van der Waals surface area (Å²) in [5.74, 6) is 0.896. The van der Waals surface area contributed by atoms with Gasteiger partial charge in [0.25, 0.3) is 0 Å². The first-order valence-corrected chi connectivity index (χ1v) is 4.46. The van der Waals surface area contributed by atoms with E-state index in [0.717, 1.165) is 45.0 Å². The third-order valence-corrected chi connectivity index (χ3v) is 2.06. The highest BCUT2D eigenvalue weighted by molar-refractivity contribution is 5.77. The molecule has 0 aliphatic carbocycles. The Labute approximate surface area is 72.0 Å². The molecular weight excluding hydrogens is 156 g/mol. The number of aliphatic imine (C=N–C) groups is 1. The van der Waals surface area contributed by atoms with Gasteiger partial charge in [-0.2, -0.15) is 0 Å². The van der Waals surface area contributed by atoms with Crippen LogP contribution in [0, 0.1) is 0 Å². The van der Waals surface area contributed by atoms with Crippen molar-refractivity contribution in [2.75, 3.05) is 26.3 Å². The molecule has 0 bridgehead atoms. The van der Waals surface area contributed by atoms with Crippen LogP contribution in [0.3, 0.4) is 0 Å². The Morgan fingerprint density at radius 2 is 2.50 bits per heavy atom. The molecule has 0 aromatic rings. The number of nitrogens with zero attached hydrogens (tertiary/aromatic N) is 1. The lowest BCUT2D eigenvalue weighted by atomic mass is 10.3. The van der Waals surface area contributed by atoms with Crippen molar-refractivity contribution in [2.45, 2.75) is 19.1 Å². The van der Waals surface area contributed by atoms with Crippen LogP contribution in [0.5, 0.6) is 0 Å². The van der Waals surface area contributed by atoms with Crippen LogP contribution in [0.2, 0.25) is 0 Å². The predicted octanol–water partition coefficient (Wildman–Crippen LogP) is 0.141. The van der Waals surface area contributed by atoms with E-state index in [4.69, 9.17) is 9.47 Å². The topological polar surface area (TPSA) is 42.8 Å². The lowest BCUT2D eigenvalue weighted by Crippen LogP contribution is -2.23. The van der Waals surface area contributed by atoms with Crippen LogP contribution in [0.4, 0.5) is 0 Å². The normalized spacial score (nSPS) is 28.7. The summed E-state index contributed by atoms with van der Waals surface area (Å²) in [5, 5.41) is 3.25. The number of hydrogen-bond donors (Lipinski definition) is 1. The smallest absolute Gasteiger partial charge is 0.183 e. The average molecular weight is 170 g/mol. The first-order chi connectivity index (χ1) is 5.95. The van der Waals surface area contributed by atoms with Gasteiger partial charge in [0.1, 0.15) is 12.8 Å². The zero-order valence-corrected chi connectivity index (χ0v) is 7.08. The molecule has 12 heavy (non-hydrogen) atoms. The lowest BCUT2D eigenvalue weighted by Gasteiger charge is -2.08. The first-order valence-electron chi connectivity index (χ1n) is 4.46. The summed E-state index contributed by atoms with van der Waals surface area (Å²) >= 11 is 0. The molecule has 0 saturated carbocycles. The molecule has 2 aliphatic rings. The number of ether oxygens (including phenoxy) is 2. The van der Waals surface area contributed by atoms with Crippen molar-refractivity contribution in [3.63, 3.8) is 0 Å². The fourth-order valence-electron chi connectivity index (χ4n) is 1.45. The molecule has 4 nitrogen and oxygen atoms in total. The van der Waals surface area contributed by atoms with Gasteiger partial charge in [0, 0.05) is 13.0 Å². The molecule has 0 spiro atoms. The number of rotatable bonds is 3. The van der Waals surface area contributed by atoms with Crippen LogP contribution in [-0.4, -0.2) is 38.4 Å². The molecule has 1 N–H and O–H groups in total. The van der Waals surface area contributed by atoms with Gasteiger partial charge in [0.05, 0.1) is 13.2 Å². The lowest BCUT2D eigenvalue weighted by molar-refractivity contribution is 0.0948. The molecule has 4 heteroatoms. The van der Waals surface area contributed by atoms with Crippen molar-refractivity contribution in [2.24, 2.45) is 4.99 Å². The highest BCUT2D eigenvalue weighted by Gasteiger charge is 2.16. The van der Waals surface area contributed by atoms with Gasteiger partial charge in [-0.05, 0) is 6.42 Å². The van der Waals surface area contributed by atoms with Gasteiger partial charge in [-0.25, -0.2) is 0 Å². The van der Waals surface area contributed by atoms with E-state index in [1.165, 1.54) is 0 Å². The summed E-state index contributed by atoms with van der Waals surface area (Å²) in [5.41, 5.74) is 0. The number of hydrogen-bond acceptors (Lipinski definition) is 4. The van der Waals surface area contributed by atoms with E-state index < -0.39 is 0 Å². The third-order valence-electron chi connectivity index (χ3n) is 2.06. The second kappa shape index (κ2) is 3.87. The summed E-state index contributed by atoms with van der Waals surface area (Å²) in [6.07, 6.45) is 2.09. The molecule has 1 fully saturated rings. The molecule has 1 saturated heterocycles. The Morgan fingerprint density at radius 3 is 3.17 bits per heavy atom. The van der Waals surface area contributed by atoms with Gasteiger partial charge < -0.3 is 9.47 Å². The van der Waals surface area contributed by atoms with Crippen LogP contribution in [-0.2, 0) is 9.47 Å². The van der Waals surface area contributed by atoms with Crippen molar-refractivity contribution in [1.82, 2.24) is 5.32 Å². The molecule has 68 valence electrons. The minimum atomic E-state index is 0.219. The Morgan fingerprint density at radius 1 is 1.50 bits per heavy atom. The standard InChI is InChI=1S/C8H14N2O2/c1(7-9-3-5-11-7)2-8-10-4-6-12-8/h7,9H,1-6H2. The summed E-state index contributed by atoms with van der Waals surface area (Å²) < 4.78 is 10.7. The van der Waals surface area contributed by atoms with Gasteiger partial charge in [-0.3, -0.25) is 10.3 Å². The van der Waals surface area contributed by atoms with E-state index >= 15 is 0 Å². The van der Waals surface area contributed by atoms with E-state index in [1.807, 2.05) is 0 Å². The van der Waals surface area contributed by atoms with E-state index in [-0.39, 0.29) is 6.23 Å². The first kappa shape index (κ1) is 8.01. The molecule has 1 unspecified atom stereocenters. The fraction of sp³-hybridized carbons (Fsp3) is 0.875. The molecule has 0 radical (unpaired) electrons. The Kier molecular flexibility index (Phi) is 2.58. The molecular formula is C8H14N2O2. The van der Waals surface area contributed by atoms with Gasteiger partial charge in [-0.15, -0.1) is 0 Å². The van der Waals surface area contributed by atoms with Crippen molar-refractivity contribution in [3.8, 4) is 0 Å². The van der Waals surface area contributed by atoms with Gasteiger partial charge in [0.15, 0.2) is 5.90 Å². The zero-order chi connectivity index (χ0) is 8.23. The highest BCUT2D eigenvalue weighted by atomic mass is 16.5. The summed E-state index contributed by atoms with van der Waals surface area (Å²) in [6, 6.07) is 0. The minimum Gasteiger partial charge on any atom is -0.479 e. The maximum absolute atomic E-state index is 5.39. The highest BCUT2D eigenvalue weighted by Crippen LogP contribution is 2.07. The third kappa shape index (κ3) is 1.95. The largest absolute Gasteiger partial charge is 0.479 e. The molecule has 2 heterocycles. The van der Waals surface area contributed by atoms with Gasteiger partial charge in [0.2, 0.25) is 0 Å². The molecule has 0 amide bonds. The monoisotopic (exact) mass is 170 g/mol. The Hall–Kier alpha value is -0.610. The van der Waals surface area contributed by atoms with Crippen molar-refractivity contribution < 1.29 is 9.47 Å². The van der Waals surface area contributed by atoms with Crippen molar-refractivity contribution in [1.29, 1.82) is 0 Å². The quantitative estimate of drug-likeness (QED) is 0.655. The molecule has 1 atom stereocenters. The van der Waals surface area contributed by atoms with E-state index in [1.54, 1.807) is 0 Å². The van der Waals surface area contributed by atoms with Crippen molar-refractivity contribution in [3.05, 3.63) is 0 Å². The van der Waals surface area contributed by atoms with E-state index in [2.05, 4.69) is 10.3 Å². The van der Waals surface area contributed by atoms with Gasteiger partial charge in [-0.1, -0.05) is 0 Å². The Balaban J connectivity index is 1.67. The zero-order valence-electron chi connectivity index (χ0n) is 7.08. The second-order valence-corrected chi connectivity index (χ2v) is 2.98. The van der Waals surface area contributed by atoms with Crippen LogP contribution in [0.1, 0.15) is 12.8 Å². The average Bonchev–Trinajstić information content (AvgIpc) is 2.74. The fourth-order valence-corrected chi connectivity index (χ4v) is 1.45. The molecule has 2 aliphatic heterocycles. The van der Waals surface area contributed by atoms with E-state index in [9.17, 15) is 0 Å². The van der Waals surface area contributed by atoms with Crippen LogP contribution < -0.4 is 5.32 Å².